The number of hydrogen-bond donors (Lipinski definition) is 8. The van der Waals surface area contributed by atoms with Gasteiger partial charge in [-0.1, -0.05) is 45.7 Å². The van der Waals surface area contributed by atoms with E-state index in [0.29, 0.717) is 55.7 Å². The summed E-state index contributed by atoms with van der Waals surface area (Å²) in [6.45, 7) is 3.91. The standard InChI is InChI=1S/C13H17Br2N3O2.C6H13N3O3.C5H11NO2/c14-7-10-5-9(6-11(8-15)17-10)18-13(20)4-2-1-3-12(16)19;7-4(5(10)11)2-1-3-9-6(8)12;1-3(2)4(6)5(7)8/h5-6H,1-4,7-8H2,(H2,16,19)(H,17,18,20);4H,1-3,7H2,(H,10,11)(H3,8,9,12);3-4H,6H2,1-2H3,(H,7,8). The third kappa shape index (κ3) is 22.0. The Kier molecular flexibility index (Phi) is 22.6. The van der Waals surface area contributed by atoms with Gasteiger partial charge in [-0.2, -0.15) is 0 Å². The maximum absolute atomic E-state index is 11.8. The molecular formula is C24H41Br2N7O7. The molecule has 1 heterocycles. The summed E-state index contributed by atoms with van der Waals surface area (Å²) < 4.78 is 0. The summed E-state index contributed by atoms with van der Waals surface area (Å²) in [5, 5.41) is 23.0. The van der Waals surface area contributed by atoms with Crippen LogP contribution in [0.5, 0.6) is 0 Å². The van der Waals surface area contributed by atoms with Crippen molar-refractivity contribution in [3.63, 3.8) is 0 Å². The Bertz CT molecular complexity index is 930. The van der Waals surface area contributed by atoms with E-state index in [4.69, 9.17) is 33.1 Å². The van der Waals surface area contributed by atoms with Crippen LogP contribution in [0.25, 0.3) is 0 Å². The fourth-order valence-corrected chi connectivity index (χ4v) is 3.18. The Morgan fingerprint density at radius 3 is 1.80 bits per heavy atom. The summed E-state index contributed by atoms with van der Waals surface area (Å²) in [5.74, 6) is -2.34. The van der Waals surface area contributed by atoms with Crippen molar-refractivity contribution in [3.8, 4) is 0 Å². The lowest BCUT2D eigenvalue weighted by Gasteiger charge is -2.08. The minimum absolute atomic E-state index is 0.0208. The second-order valence-electron chi connectivity index (χ2n) is 8.81. The molecule has 0 saturated heterocycles. The van der Waals surface area contributed by atoms with E-state index in [1.165, 1.54) is 0 Å². The van der Waals surface area contributed by atoms with Crippen molar-refractivity contribution in [2.24, 2.45) is 28.9 Å². The summed E-state index contributed by atoms with van der Waals surface area (Å²) in [7, 11) is 0. The Balaban J connectivity index is 0. The van der Waals surface area contributed by atoms with E-state index in [1.807, 2.05) is 12.1 Å². The summed E-state index contributed by atoms with van der Waals surface area (Å²) in [6, 6.07) is 1.48. The minimum atomic E-state index is -1.03. The summed E-state index contributed by atoms with van der Waals surface area (Å²) in [5.41, 5.74) is 22.6. The lowest BCUT2D eigenvalue weighted by molar-refractivity contribution is -0.140. The molecule has 14 nitrogen and oxygen atoms in total. The number of carboxylic acid groups (broad SMARTS) is 2. The van der Waals surface area contributed by atoms with Gasteiger partial charge >= 0.3 is 18.0 Å². The van der Waals surface area contributed by atoms with E-state index >= 15 is 0 Å². The van der Waals surface area contributed by atoms with Gasteiger partial charge in [0.15, 0.2) is 0 Å². The van der Waals surface area contributed by atoms with Crippen molar-refractivity contribution in [3.05, 3.63) is 23.5 Å². The van der Waals surface area contributed by atoms with Crippen molar-refractivity contribution in [2.45, 2.75) is 75.1 Å². The Morgan fingerprint density at radius 1 is 0.900 bits per heavy atom. The number of halogens is 2. The molecule has 0 bridgehead atoms. The molecule has 0 fully saturated rings. The van der Waals surface area contributed by atoms with Crippen LogP contribution in [0.4, 0.5) is 10.5 Å². The number of amides is 4. The van der Waals surface area contributed by atoms with Gasteiger partial charge in [0.2, 0.25) is 11.8 Å². The number of alkyl halides is 2. The number of pyridine rings is 1. The van der Waals surface area contributed by atoms with Gasteiger partial charge < -0.3 is 43.8 Å². The number of urea groups is 1. The van der Waals surface area contributed by atoms with Crippen LogP contribution < -0.4 is 33.6 Å². The van der Waals surface area contributed by atoms with E-state index in [-0.39, 0.29) is 17.7 Å². The smallest absolute Gasteiger partial charge is 0.320 e. The average molecular weight is 699 g/mol. The molecule has 0 aliphatic heterocycles. The van der Waals surface area contributed by atoms with E-state index in [9.17, 15) is 24.0 Å². The fraction of sp³-hybridized carbons (Fsp3) is 0.583. The fourth-order valence-electron chi connectivity index (χ4n) is 2.61. The van der Waals surface area contributed by atoms with E-state index in [2.05, 4.69) is 47.5 Å². The lowest BCUT2D eigenvalue weighted by atomic mass is 10.1. The number of nitrogens with two attached hydrogens (primary N) is 4. The zero-order chi connectivity index (χ0) is 31.3. The molecule has 2 atom stereocenters. The van der Waals surface area contributed by atoms with Crippen molar-refractivity contribution in [2.75, 3.05) is 11.9 Å². The molecule has 0 radical (unpaired) electrons. The number of aromatic nitrogens is 1. The summed E-state index contributed by atoms with van der Waals surface area (Å²) >= 11 is 6.70. The number of unbranched alkanes of at least 4 members (excludes halogenated alkanes) is 1. The summed E-state index contributed by atoms with van der Waals surface area (Å²) in [4.78, 5) is 57.1. The second kappa shape index (κ2) is 22.9. The lowest BCUT2D eigenvalue weighted by Crippen LogP contribution is -2.34. The maximum atomic E-state index is 11.8. The number of primary amides is 2. The zero-order valence-electron chi connectivity index (χ0n) is 22.7. The molecule has 1 aromatic rings. The van der Waals surface area contributed by atoms with Crippen molar-refractivity contribution < 1.29 is 34.2 Å². The molecular weight excluding hydrogens is 658 g/mol. The highest BCUT2D eigenvalue weighted by Gasteiger charge is 2.14. The van der Waals surface area contributed by atoms with Gasteiger partial charge in [-0.3, -0.25) is 24.2 Å². The number of hydrogen-bond acceptors (Lipinski definition) is 8. The molecule has 16 heteroatoms. The molecule has 0 spiro atoms. The van der Waals surface area contributed by atoms with Crippen LogP contribution in [0.3, 0.4) is 0 Å². The third-order valence-corrected chi connectivity index (χ3v) is 6.03. The highest BCUT2D eigenvalue weighted by Crippen LogP contribution is 2.16. The topological polar surface area (TPSA) is 267 Å². The second-order valence-corrected chi connectivity index (χ2v) is 9.93. The molecule has 0 saturated carbocycles. The van der Waals surface area contributed by atoms with Gasteiger partial charge in [0, 0.05) is 35.7 Å². The Hall–Kier alpha value is -2.82. The van der Waals surface area contributed by atoms with Crippen LogP contribution in [-0.4, -0.2) is 63.6 Å². The number of rotatable bonds is 15. The quantitative estimate of drug-likeness (QED) is 0.0971. The van der Waals surface area contributed by atoms with Crippen LogP contribution in [-0.2, 0) is 29.8 Å². The Labute approximate surface area is 250 Å². The molecule has 0 aliphatic rings. The van der Waals surface area contributed by atoms with Crippen LogP contribution in [0.1, 0.15) is 63.8 Å². The van der Waals surface area contributed by atoms with Gasteiger partial charge in [-0.25, -0.2) is 4.79 Å². The highest BCUT2D eigenvalue weighted by atomic mass is 79.9. The van der Waals surface area contributed by atoms with E-state index < -0.39 is 30.1 Å². The zero-order valence-corrected chi connectivity index (χ0v) is 25.9. The van der Waals surface area contributed by atoms with Gasteiger partial charge in [0.1, 0.15) is 12.1 Å². The number of nitrogens with one attached hydrogen (secondary N) is 2. The number of carbonyl (C=O) groups is 5. The van der Waals surface area contributed by atoms with Crippen LogP contribution in [0.15, 0.2) is 12.1 Å². The number of carboxylic acids is 2. The summed E-state index contributed by atoms with van der Waals surface area (Å²) in [6.07, 6.45) is 2.83. The number of aliphatic carboxylic acids is 2. The van der Waals surface area contributed by atoms with Crippen molar-refractivity contribution in [1.29, 1.82) is 0 Å². The largest absolute Gasteiger partial charge is 0.480 e. The number of carbonyl (C=O) groups excluding carboxylic acids is 3. The first-order valence-electron chi connectivity index (χ1n) is 12.3. The monoisotopic (exact) mass is 697 g/mol. The van der Waals surface area contributed by atoms with Gasteiger partial charge in [-0.15, -0.1) is 0 Å². The third-order valence-electron chi connectivity index (χ3n) is 4.88. The molecule has 2 unspecified atom stereocenters. The molecule has 0 aromatic carbocycles. The van der Waals surface area contributed by atoms with E-state index in [1.54, 1.807) is 13.8 Å². The minimum Gasteiger partial charge on any atom is -0.480 e. The SMILES string of the molecule is CC(C)C(N)C(=O)O.NC(=O)CCCCC(=O)Nc1cc(CBr)nc(CBr)c1.NC(=O)NCCCC(N)C(=O)O. The van der Waals surface area contributed by atoms with Gasteiger partial charge in [0.05, 0.1) is 11.4 Å². The molecule has 12 N–H and O–H groups in total. The van der Waals surface area contributed by atoms with Gasteiger partial charge in [-0.05, 0) is 43.7 Å². The molecule has 1 rings (SSSR count). The van der Waals surface area contributed by atoms with Gasteiger partial charge in [0.25, 0.3) is 0 Å². The highest BCUT2D eigenvalue weighted by molar-refractivity contribution is 9.08. The normalized spacial score (nSPS) is 11.6. The Morgan fingerprint density at radius 2 is 1.43 bits per heavy atom. The number of nitrogens with zero attached hydrogens (tertiary/aromatic N) is 1. The molecule has 1 aromatic heterocycles. The van der Waals surface area contributed by atoms with Crippen LogP contribution >= 0.6 is 31.9 Å². The van der Waals surface area contributed by atoms with Crippen LogP contribution in [0, 0.1) is 5.92 Å². The van der Waals surface area contributed by atoms with Crippen molar-refractivity contribution >= 4 is 67.3 Å². The molecule has 228 valence electrons. The van der Waals surface area contributed by atoms with E-state index in [0.717, 1.165) is 17.1 Å². The predicted molar refractivity (Wildman–Crippen MR) is 159 cm³/mol. The first-order valence-corrected chi connectivity index (χ1v) is 14.6. The predicted octanol–water partition coefficient (Wildman–Crippen LogP) is 1.76. The average Bonchev–Trinajstić information content (AvgIpc) is 2.88. The van der Waals surface area contributed by atoms with Crippen LogP contribution in [0.2, 0.25) is 0 Å². The first-order chi connectivity index (χ1) is 18.6. The number of anilines is 1. The molecule has 4 amide bonds. The first kappa shape index (κ1) is 39.3. The molecule has 0 aliphatic carbocycles. The maximum Gasteiger partial charge on any atom is 0.320 e. The van der Waals surface area contributed by atoms with Crippen molar-refractivity contribution in [1.82, 2.24) is 10.3 Å². The molecule has 40 heavy (non-hydrogen) atoms.